The molecule has 1 atom stereocenters. The Morgan fingerprint density at radius 2 is 1.73 bits per heavy atom. The Kier molecular flexibility index (Phi) is 5.26. The van der Waals surface area contributed by atoms with Crippen LogP contribution in [-0.4, -0.2) is 23.9 Å². The molecule has 0 bridgehead atoms. The Bertz CT molecular complexity index is 811. The van der Waals surface area contributed by atoms with E-state index >= 15 is 0 Å². The van der Waals surface area contributed by atoms with Crippen LogP contribution in [0.1, 0.15) is 41.3 Å². The summed E-state index contributed by atoms with van der Waals surface area (Å²) in [6.45, 7) is 5.82. The van der Waals surface area contributed by atoms with Gasteiger partial charge in [-0.05, 0) is 69.5 Å². The van der Waals surface area contributed by atoms with Crippen LogP contribution in [0.25, 0.3) is 0 Å². The van der Waals surface area contributed by atoms with Gasteiger partial charge in [-0.1, -0.05) is 17.7 Å². The molecule has 5 heteroatoms. The Balaban J connectivity index is 1.57. The van der Waals surface area contributed by atoms with Gasteiger partial charge < -0.3 is 16.0 Å². The number of carbonyl (C=O) groups is 2. The highest BCUT2D eigenvalue weighted by Gasteiger charge is 2.23. The zero-order valence-electron chi connectivity index (χ0n) is 15.4. The number of carbonyl (C=O) groups excluding carboxylic acids is 2. The zero-order valence-corrected chi connectivity index (χ0v) is 15.4. The quantitative estimate of drug-likeness (QED) is 0.744. The van der Waals surface area contributed by atoms with E-state index in [1.165, 1.54) is 0 Å². The molecule has 1 aliphatic rings. The fraction of sp³-hybridized carbons (Fsp3) is 0.333. The third-order valence-corrected chi connectivity index (χ3v) is 4.48. The van der Waals surface area contributed by atoms with Crippen molar-refractivity contribution in [3.8, 4) is 0 Å². The number of benzene rings is 2. The van der Waals surface area contributed by atoms with E-state index in [4.69, 9.17) is 0 Å². The molecule has 1 saturated carbocycles. The van der Waals surface area contributed by atoms with Crippen LogP contribution in [0.4, 0.5) is 11.4 Å². The first-order valence-corrected chi connectivity index (χ1v) is 8.98. The van der Waals surface area contributed by atoms with Crippen LogP contribution in [0.2, 0.25) is 0 Å². The van der Waals surface area contributed by atoms with Crippen molar-refractivity contribution in [3.63, 3.8) is 0 Å². The predicted octanol–water partition coefficient (Wildman–Crippen LogP) is 3.63. The lowest BCUT2D eigenvalue weighted by Crippen LogP contribution is -2.32. The van der Waals surface area contributed by atoms with E-state index < -0.39 is 6.04 Å². The molecule has 0 aliphatic heterocycles. The maximum atomic E-state index is 12.4. The third kappa shape index (κ3) is 4.63. The molecular weight excluding hydrogens is 326 g/mol. The van der Waals surface area contributed by atoms with Gasteiger partial charge in [-0.25, -0.2) is 0 Å². The van der Waals surface area contributed by atoms with Gasteiger partial charge >= 0.3 is 0 Å². The van der Waals surface area contributed by atoms with Gasteiger partial charge in [0, 0.05) is 23.0 Å². The summed E-state index contributed by atoms with van der Waals surface area (Å²) < 4.78 is 0. The van der Waals surface area contributed by atoms with Crippen LogP contribution < -0.4 is 16.0 Å². The molecule has 5 nitrogen and oxygen atoms in total. The molecule has 0 saturated heterocycles. The van der Waals surface area contributed by atoms with Crippen molar-refractivity contribution in [1.82, 2.24) is 5.32 Å². The van der Waals surface area contributed by atoms with Crippen molar-refractivity contribution in [3.05, 3.63) is 59.2 Å². The molecule has 2 aromatic rings. The van der Waals surface area contributed by atoms with E-state index in [0.717, 1.165) is 35.3 Å². The summed E-state index contributed by atoms with van der Waals surface area (Å²) >= 11 is 0. The van der Waals surface area contributed by atoms with E-state index in [0.29, 0.717) is 11.6 Å². The molecule has 0 radical (unpaired) electrons. The molecule has 3 N–H and O–H groups in total. The summed E-state index contributed by atoms with van der Waals surface area (Å²) in [6.07, 6.45) is 2.14. The average Bonchev–Trinajstić information content (AvgIpc) is 3.41. The highest BCUT2D eigenvalue weighted by molar-refractivity contribution is 5.97. The minimum absolute atomic E-state index is 0.0420. The summed E-state index contributed by atoms with van der Waals surface area (Å²) in [7, 11) is 0. The lowest BCUT2D eigenvalue weighted by Gasteiger charge is -2.17. The van der Waals surface area contributed by atoms with Gasteiger partial charge in [-0.3, -0.25) is 9.59 Å². The second-order valence-electron chi connectivity index (χ2n) is 7.00. The SMILES string of the molecule is Cc1ccc(NC(=O)C(C)Nc2ccc(C(=O)NC3CC3)cc2)c(C)c1. The highest BCUT2D eigenvalue weighted by Crippen LogP contribution is 2.20. The van der Waals surface area contributed by atoms with Gasteiger partial charge in [-0.2, -0.15) is 0 Å². The number of nitrogens with one attached hydrogen (secondary N) is 3. The molecule has 0 heterocycles. The average molecular weight is 351 g/mol. The number of anilines is 2. The van der Waals surface area contributed by atoms with Crippen LogP contribution in [0.15, 0.2) is 42.5 Å². The minimum Gasteiger partial charge on any atom is -0.374 e. The Morgan fingerprint density at radius 3 is 2.35 bits per heavy atom. The Hall–Kier alpha value is -2.82. The lowest BCUT2D eigenvalue weighted by molar-refractivity contribution is -0.116. The van der Waals surface area contributed by atoms with Crippen molar-refractivity contribution in [1.29, 1.82) is 0 Å². The van der Waals surface area contributed by atoms with E-state index in [1.54, 1.807) is 12.1 Å². The molecule has 1 fully saturated rings. The summed E-state index contributed by atoms with van der Waals surface area (Å²) in [4.78, 5) is 24.4. The first-order valence-electron chi connectivity index (χ1n) is 8.98. The second-order valence-corrected chi connectivity index (χ2v) is 7.00. The maximum Gasteiger partial charge on any atom is 0.251 e. The van der Waals surface area contributed by atoms with Crippen molar-refractivity contribution >= 4 is 23.2 Å². The number of hydrogen-bond donors (Lipinski definition) is 3. The molecule has 2 amide bonds. The summed E-state index contributed by atoms with van der Waals surface area (Å²) in [6, 6.07) is 13.1. The van der Waals surface area contributed by atoms with E-state index in [9.17, 15) is 9.59 Å². The number of aryl methyl sites for hydroxylation is 2. The first-order chi connectivity index (χ1) is 12.4. The van der Waals surface area contributed by atoms with Crippen LogP contribution in [0, 0.1) is 13.8 Å². The molecule has 1 aliphatic carbocycles. The largest absolute Gasteiger partial charge is 0.374 e. The summed E-state index contributed by atoms with van der Waals surface area (Å²) in [5, 5.41) is 9.08. The Morgan fingerprint density at radius 1 is 1.04 bits per heavy atom. The zero-order chi connectivity index (χ0) is 18.7. The first kappa shape index (κ1) is 18.0. The fourth-order valence-corrected chi connectivity index (χ4v) is 2.72. The van der Waals surface area contributed by atoms with Crippen LogP contribution in [0.3, 0.4) is 0 Å². The molecule has 136 valence electrons. The van der Waals surface area contributed by atoms with Gasteiger partial charge in [0.05, 0.1) is 0 Å². The van der Waals surface area contributed by atoms with Gasteiger partial charge in [0.2, 0.25) is 5.91 Å². The van der Waals surface area contributed by atoms with Gasteiger partial charge in [0.15, 0.2) is 0 Å². The molecule has 26 heavy (non-hydrogen) atoms. The van der Waals surface area contributed by atoms with E-state index in [1.807, 2.05) is 51.1 Å². The Labute approximate surface area is 154 Å². The van der Waals surface area contributed by atoms with Gasteiger partial charge in [-0.15, -0.1) is 0 Å². The molecule has 0 aromatic heterocycles. The maximum absolute atomic E-state index is 12.4. The predicted molar refractivity (Wildman–Crippen MR) is 105 cm³/mol. The van der Waals surface area contributed by atoms with Crippen molar-refractivity contribution < 1.29 is 9.59 Å². The van der Waals surface area contributed by atoms with Gasteiger partial charge in [0.25, 0.3) is 5.91 Å². The van der Waals surface area contributed by atoms with E-state index in [-0.39, 0.29) is 11.8 Å². The van der Waals surface area contributed by atoms with Crippen molar-refractivity contribution in [2.45, 2.75) is 45.7 Å². The molecule has 0 spiro atoms. The summed E-state index contributed by atoms with van der Waals surface area (Å²) in [5.41, 5.74) is 4.46. The number of hydrogen-bond acceptors (Lipinski definition) is 3. The lowest BCUT2D eigenvalue weighted by atomic mass is 10.1. The minimum atomic E-state index is -0.401. The molecule has 2 aromatic carbocycles. The number of amides is 2. The topological polar surface area (TPSA) is 70.2 Å². The summed E-state index contributed by atoms with van der Waals surface area (Å²) in [5.74, 6) is -0.146. The van der Waals surface area contributed by atoms with Crippen molar-refractivity contribution in [2.24, 2.45) is 0 Å². The molecular formula is C21H25N3O2. The van der Waals surface area contributed by atoms with E-state index in [2.05, 4.69) is 16.0 Å². The third-order valence-electron chi connectivity index (χ3n) is 4.48. The molecule has 1 unspecified atom stereocenters. The normalized spacial score (nSPS) is 14.4. The smallest absolute Gasteiger partial charge is 0.251 e. The van der Waals surface area contributed by atoms with Crippen LogP contribution >= 0.6 is 0 Å². The monoisotopic (exact) mass is 351 g/mol. The number of rotatable bonds is 6. The van der Waals surface area contributed by atoms with Gasteiger partial charge in [0.1, 0.15) is 6.04 Å². The van der Waals surface area contributed by atoms with Crippen LogP contribution in [0.5, 0.6) is 0 Å². The van der Waals surface area contributed by atoms with Crippen molar-refractivity contribution in [2.75, 3.05) is 10.6 Å². The highest BCUT2D eigenvalue weighted by atomic mass is 16.2. The van der Waals surface area contributed by atoms with Crippen LogP contribution in [-0.2, 0) is 4.79 Å². The fourth-order valence-electron chi connectivity index (χ4n) is 2.72. The second kappa shape index (κ2) is 7.60. The molecule has 3 rings (SSSR count). The standard InChI is InChI=1S/C21H25N3O2/c1-13-4-11-19(14(2)12-13)24-20(25)15(3)22-17-7-5-16(6-8-17)21(26)23-18-9-10-18/h4-8,11-12,15,18,22H,9-10H2,1-3H3,(H,23,26)(H,24,25).